The molecule has 1 fully saturated rings. The molecule has 0 aliphatic carbocycles. The topological polar surface area (TPSA) is 92.8 Å². The summed E-state index contributed by atoms with van der Waals surface area (Å²) in [6, 6.07) is 9.80. The minimum atomic E-state index is -0.921. The van der Waals surface area contributed by atoms with E-state index >= 15 is 0 Å². The van der Waals surface area contributed by atoms with Gasteiger partial charge in [-0.25, -0.2) is 18.9 Å². The maximum atomic E-state index is 13.1. The van der Waals surface area contributed by atoms with Crippen molar-refractivity contribution in [3.05, 3.63) is 71.0 Å². The first-order valence-corrected chi connectivity index (χ1v) is 7.76. The van der Waals surface area contributed by atoms with E-state index < -0.39 is 29.6 Å². The van der Waals surface area contributed by atoms with E-state index in [2.05, 4.69) is 10.1 Å². The van der Waals surface area contributed by atoms with Crippen LogP contribution in [0.15, 0.2) is 54.1 Å². The second kappa shape index (κ2) is 7.20. The number of imide groups is 2. The van der Waals surface area contributed by atoms with Gasteiger partial charge in [0.2, 0.25) is 0 Å². The first-order valence-electron chi connectivity index (χ1n) is 7.76. The summed E-state index contributed by atoms with van der Waals surface area (Å²) in [4.78, 5) is 49.0. The van der Waals surface area contributed by atoms with E-state index in [1.165, 1.54) is 49.6 Å². The van der Waals surface area contributed by atoms with Crippen LogP contribution < -0.4 is 10.2 Å². The number of hydrogen-bond donors (Lipinski definition) is 1. The van der Waals surface area contributed by atoms with Crippen LogP contribution in [-0.2, 0) is 14.3 Å². The molecule has 136 valence electrons. The van der Waals surface area contributed by atoms with Gasteiger partial charge >= 0.3 is 12.0 Å². The zero-order chi connectivity index (χ0) is 19.6. The summed E-state index contributed by atoms with van der Waals surface area (Å²) in [5.74, 6) is -2.73. The van der Waals surface area contributed by atoms with Crippen molar-refractivity contribution in [2.24, 2.45) is 0 Å². The molecule has 0 spiro atoms. The summed E-state index contributed by atoms with van der Waals surface area (Å²) in [7, 11) is 1.25. The predicted molar refractivity (Wildman–Crippen MR) is 93.2 cm³/mol. The fraction of sp³-hybridized carbons (Fsp3) is 0.0526. The van der Waals surface area contributed by atoms with Crippen molar-refractivity contribution < 1.29 is 28.3 Å². The lowest BCUT2D eigenvalue weighted by atomic mass is 10.1. The Morgan fingerprint density at radius 3 is 2.26 bits per heavy atom. The summed E-state index contributed by atoms with van der Waals surface area (Å²) in [6.45, 7) is 0. The van der Waals surface area contributed by atoms with Crippen molar-refractivity contribution in [3.8, 4) is 0 Å². The third kappa shape index (κ3) is 3.59. The van der Waals surface area contributed by atoms with E-state index in [0.29, 0.717) is 11.1 Å². The number of urea groups is 1. The van der Waals surface area contributed by atoms with Gasteiger partial charge in [0.1, 0.15) is 11.4 Å². The lowest BCUT2D eigenvalue weighted by molar-refractivity contribution is -0.122. The van der Waals surface area contributed by atoms with Gasteiger partial charge in [0.25, 0.3) is 11.8 Å². The molecule has 0 radical (unpaired) electrons. The first kappa shape index (κ1) is 18.0. The van der Waals surface area contributed by atoms with Crippen LogP contribution in [0.5, 0.6) is 0 Å². The molecule has 1 saturated heterocycles. The van der Waals surface area contributed by atoms with E-state index in [4.69, 9.17) is 0 Å². The number of halogens is 1. The minimum absolute atomic E-state index is 0.123. The fourth-order valence-electron chi connectivity index (χ4n) is 2.48. The van der Waals surface area contributed by atoms with E-state index in [1.807, 2.05) is 0 Å². The molecule has 0 aromatic heterocycles. The molecule has 27 heavy (non-hydrogen) atoms. The molecule has 1 N–H and O–H groups in total. The van der Waals surface area contributed by atoms with Gasteiger partial charge < -0.3 is 4.74 Å². The number of nitrogens with one attached hydrogen (secondary N) is 1. The first-order chi connectivity index (χ1) is 12.9. The highest BCUT2D eigenvalue weighted by Crippen LogP contribution is 2.22. The highest BCUT2D eigenvalue weighted by molar-refractivity contribution is 6.39. The third-order valence-electron chi connectivity index (χ3n) is 3.83. The van der Waals surface area contributed by atoms with Crippen molar-refractivity contribution in [2.75, 3.05) is 12.0 Å². The summed E-state index contributed by atoms with van der Waals surface area (Å²) in [5, 5.41) is 2.07. The summed E-state index contributed by atoms with van der Waals surface area (Å²) < 4.78 is 17.7. The number of methoxy groups -OCH3 is 1. The Hall–Kier alpha value is -3.81. The van der Waals surface area contributed by atoms with Gasteiger partial charge in [-0.05, 0) is 48.0 Å². The number of carbonyl (C=O) groups is 4. The highest BCUT2D eigenvalue weighted by Gasteiger charge is 2.36. The SMILES string of the molecule is COC(=O)c1ccc(C=C2C(=O)NC(=O)N(c3ccc(F)cc3)C2=O)cc1. The van der Waals surface area contributed by atoms with Gasteiger partial charge in [-0.2, -0.15) is 0 Å². The maximum Gasteiger partial charge on any atom is 0.337 e. The van der Waals surface area contributed by atoms with Crippen LogP contribution in [0, 0.1) is 5.82 Å². The number of anilines is 1. The molecule has 1 aliphatic rings. The predicted octanol–water partition coefficient (Wildman–Crippen LogP) is 2.28. The molecule has 0 unspecified atom stereocenters. The molecule has 1 aliphatic heterocycles. The Balaban J connectivity index is 1.94. The molecule has 3 rings (SSSR count). The van der Waals surface area contributed by atoms with E-state index in [9.17, 15) is 23.6 Å². The van der Waals surface area contributed by atoms with E-state index in [0.717, 1.165) is 17.0 Å². The molecular formula is C19H13FN2O5. The maximum absolute atomic E-state index is 13.1. The number of esters is 1. The largest absolute Gasteiger partial charge is 0.465 e. The van der Waals surface area contributed by atoms with E-state index in [1.54, 1.807) is 0 Å². The van der Waals surface area contributed by atoms with Gasteiger partial charge in [-0.15, -0.1) is 0 Å². The molecule has 2 aromatic carbocycles. The Morgan fingerprint density at radius 1 is 1.04 bits per heavy atom. The normalized spacial score (nSPS) is 15.7. The number of benzene rings is 2. The zero-order valence-corrected chi connectivity index (χ0v) is 14.1. The van der Waals surface area contributed by atoms with Crippen LogP contribution >= 0.6 is 0 Å². The molecular weight excluding hydrogens is 355 g/mol. The average Bonchev–Trinajstić information content (AvgIpc) is 2.66. The number of hydrogen-bond acceptors (Lipinski definition) is 5. The van der Waals surface area contributed by atoms with Crippen molar-refractivity contribution in [2.45, 2.75) is 0 Å². The quantitative estimate of drug-likeness (QED) is 0.510. The molecule has 0 bridgehead atoms. The van der Waals surface area contributed by atoms with Crippen LogP contribution in [0.1, 0.15) is 15.9 Å². The van der Waals surface area contributed by atoms with Crippen LogP contribution in [0.4, 0.5) is 14.9 Å². The summed E-state index contributed by atoms with van der Waals surface area (Å²) in [6.07, 6.45) is 1.29. The van der Waals surface area contributed by atoms with Gasteiger partial charge in [-0.1, -0.05) is 12.1 Å². The summed E-state index contributed by atoms with van der Waals surface area (Å²) in [5.41, 5.74) is 0.625. The number of carbonyl (C=O) groups excluding carboxylic acids is 4. The highest BCUT2D eigenvalue weighted by atomic mass is 19.1. The van der Waals surface area contributed by atoms with E-state index in [-0.39, 0.29) is 11.3 Å². The fourth-order valence-corrected chi connectivity index (χ4v) is 2.48. The third-order valence-corrected chi connectivity index (χ3v) is 3.83. The minimum Gasteiger partial charge on any atom is -0.465 e. The smallest absolute Gasteiger partial charge is 0.337 e. The van der Waals surface area contributed by atoms with Gasteiger partial charge in [0, 0.05) is 0 Å². The molecule has 2 aromatic rings. The number of amides is 4. The summed E-state index contributed by atoms with van der Waals surface area (Å²) >= 11 is 0. The lowest BCUT2D eigenvalue weighted by Gasteiger charge is -2.26. The molecule has 0 saturated carbocycles. The molecule has 4 amide bonds. The van der Waals surface area contributed by atoms with Crippen molar-refractivity contribution in [3.63, 3.8) is 0 Å². The monoisotopic (exact) mass is 368 g/mol. The van der Waals surface area contributed by atoms with Crippen LogP contribution in [0.2, 0.25) is 0 Å². The molecule has 8 heteroatoms. The number of ether oxygens (including phenoxy) is 1. The molecule has 7 nitrogen and oxygen atoms in total. The van der Waals surface area contributed by atoms with Crippen LogP contribution in [0.3, 0.4) is 0 Å². The number of barbiturate groups is 1. The van der Waals surface area contributed by atoms with Crippen molar-refractivity contribution >= 4 is 35.6 Å². The van der Waals surface area contributed by atoms with Crippen molar-refractivity contribution in [1.82, 2.24) is 5.32 Å². The Kier molecular flexibility index (Phi) is 4.80. The second-order valence-corrected chi connectivity index (χ2v) is 5.55. The van der Waals surface area contributed by atoms with Gasteiger partial charge in [0.15, 0.2) is 0 Å². The Morgan fingerprint density at radius 2 is 1.67 bits per heavy atom. The van der Waals surface area contributed by atoms with Crippen LogP contribution in [0.25, 0.3) is 6.08 Å². The second-order valence-electron chi connectivity index (χ2n) is 5.55. The Bertz CT molecular complexity index is 965. The van der Waals surface area contributed by atoms with Crippen LogP contribution in [-0.4, -0.2) is 30.9 Å². The van der Waals surface area contributed by atoms with Crippen molar-refractivity contribution in [1.29, 1.82) is 0 Å². The van der Waals surface area contributed by atoms with Gasteiger partial charge in [0.05, 0.1) is 18.4 Å². The standard InChI is InChI=1S/C19H13FN2O5/c1-27-18(25)12-4-2-11(3-5-12)10-15-16(23)21-19(26)22(17(15)24)14-8-6-13(20)7-9-14/h2-10H,1H3,(H,21,23,26). The zero-order valence-electron chi connectivity index (χ0n) is 14.1. The Labute approximate surface area is 153 Å². The molecule has 0 atom stereocenters. The average molecular weight is 368 g/mol. The number of rotatable bonds is 3. The number of nitrogens with zero attached hydrogens (tertiary/aromatic N) is 1. The van der Waals surface area contributed by atoms with Gasteiger partial charge in [-0.3, -0.25) is 14.9 Å². The molecule has 1 heterocycles. The lowest BCUT2D eigenvalue weighted by Crippen LogP contribution is -2.54.